The number of para-hydroxylation sites is 2. The highest BCUT2D eigenvalue weighted by molar-refractivity contribution is 7.92. The summed E-state index contributed by atoms with van der Waals surface area (Å²) in [6, 6.07) is 10.8. The summed E-state index contributed by atoms with van der Waals surface area (Å²) in [5.74, 6) is -0.482. The Morgan fingerprint density at radius 1 is 1.11 bits per heavy atom. The van der Waals surface area contributed by atoms with E-state index in [0.29, 0.717) is 27.8 Å². The molecule has 0 heterocycles. The van der Waals surface area contributed by atoms with Gasteiger partial charge in [0, 0.05) is 12.6 Å². The van der Waals surface area contributed by atoms with Crippen LogP contribution in [0.15, 0.2) is 42.5 Å². The number of hydrogen-bond donors (Lipinski definition) is 1. The summed E-state index contributed by atoms with van der Waals surface area (Å²) in [6.07, 6.45) is 5.28. The van der Waals surface area contributed by atoms with Crippen LogP contribution in [0.4, 0.5) is 5.69 Å². The summed E-state index contributed by atoms with van der Waals surface area (Å²) in [6.45, 7) is 1.37. The Bertz CT molecular complexity index is 1220. The van der Waals surface area contributed by atoms with E-state index in [2.05, 4.69) is 5.32 Å². The lowest BCUT2D eigenvalue weighted by Crippen LogP contribution is -2.53. The van der Waals surface area contributed by atoms with Crippen LogP contribution in [0.25, 0.3) is 0 Å². The molecule has 202 valence electrons. The first-order valence-electron chi connectivity index (χ1n) is 12.2. The van der Waals surface area contributed by atoms with E-state index in [1.54, 1.807) is 42.5 Å². The SMILES string of the molecule is CC[C@@H](C(=O)NC1CCCC1)N(Cc1ccc(Cl)c(Cl)c1)C(=O)CN(c1ccccc1OC)S(C)(=O)=O. The monoisotopic (exact) mass is 569 g/mol. The number of anilines is 1. The molecule has 2 aromatic rings. The number of carbonyl (C=O) groups excluding carboxylic acids is 2. The third kappa shape index (κ3) is 7.52. The molecule has 1 fully saturated rings. The van der Waals surface area contributed by atoms with E-state index < -0.39 is 28.5 Å². The number of halogens is 2. The van der Waals surface area contributed by atoms with Crippen molar-refractivity contribution in [1.29, 1.82) is 0 Å². The van der Waals surface area contributed by atoms with Crippen molar-refractivity contribution in [3.63, 3.8) is 0 Å². The third-order valence-corrected chi connectivity index (χ3v) is 8.32. The van der Waals surface area contributed by atoms with Crippen LogP contribution in [0.1, 0.15) is 44.6 Å². The van der Waals surface area contributed by atoms with Gasteiger partial charge in [-0.25, -0.2) is 8.42 Å². The van der Waals surface area contributed by atoms with Gasteiger partial charge in [-0.2, -0.15) is 0 Å². The predicted molar refractivity (Wildman–Crippen MR) is 147 cm³/mol. The lowest BCUT2D eigenvalue weighted by Gasteiger charge is -2.33. The van der Waals surface area contributed by atoms with Crippen LogP contribution in [0, 0.1) is 0 Å². The van der Waals surface area contributed by atoms with Crippen molar-refractivity contribution in [2.24, 2.45) is 0 Å². The standard InChI is InChI=1S/C26H33Cl2N3O5S/c1-4-22(26(33)29-19-9-5-6-10-19)30(16-18-13-14-20(27)21(28)15-18)25(32)17-31(37(3,34)35)23-11-7-8-12-24(23)36-2/h7-8,11-15,19,22H,4-6,9-10,16-17H2,1-3H3,(H,29,33)/t22-/m0/s1. The molecule has 11 heteroatoms. The molecule has 0 aliphatic heterocycles. The molecular formula is C26H33Cl2N3O5S. The first-order valence-corrected chi connectivity index (χ1v) is 14.8. The molecule has 2 amide bonds. The van der Waals surface area contributed by atoms with Crippen LogP contribution in [0.3, 0.4) is 0 Å². The Labute approximate surface area is 228 Å². The lowest BCUT2D eigenvalue weighted by atomic mass is 10.1. The summed E-state index contributed by atoms with van der Waals surface area (Å²) >= 11 is 12.3. The van der Waals surface area contributed by atoms with Crippen LogP contribution in [0.5, 0.6) is 5.75 Å². The molecule has 0 unspecified atom stereocenters. The minimum atomic E-state index is -3.87. The summed E-state index contributed by atoms with van der Waals surface area (Å²) < 4.78 is 31.9. The number of benzene rings is 2. The topological polar surface area (TPSA) is 96.0 Å². The van der Waals surface area contributed by atoms with Crippen molar-refractivity contribution in [3.8, 4) is 5.75 Å². The summed E-state index contributed by atoms with van der Waals surface area (Å²) in [5.41, 5.74) is 0.900. The molecule has 0 saturated heterocycles. The Kier molecular flexibility index (Phi) is 10.1. The Morgan fingerprint density at radius 3 is 2.38 bits per heavy atom. The van der Waals surface area contributed by atoms with E-state index in [0.717, 1.165) is 36.2 Å². The molecule has 1 N–H and O–H groups in total. The van der Waals surface area contributed by atoms with Crippen molar-refractivity contribution in [2.45, 2.75) is 57.7 Å². The number of sulfonamides is 1. The fraction of sp³-hybridized carbons (Fsp3) is 0.462. The lowest BCUT2D eigenvalue weighted by molar-refractivity contribution is -0.140. The number of ether oxygens (including phenoxy) is 1. The van der Waals surface area contributed by atoms with E-state index in [1.165, 1.54) is 12.0 Å². The number of nitrogens with one attached hydrogen (secondary N) is 1. The second kappa shape index (κ2) is 12.8. The molecule has 0 bridgehead atoms. The Balaban J connectivity index is 1.96. The molecule has 0 aromatic heterocycles. The van der Waals surface area contributed by atoms with Gasteiger partial charge in [0.2, 0.25) is 21.8 Å². The summed E-state index contributed by atoms with van der Waals surface area (Å²) in [4.78, 5) is 28.6. The van der Waals surface area contributed by atoms with Gasteiger partial charge in [-0.3, -0.25) is 13.9 Å². The molecule has 3 rings (SSSR count). The number of hydrogen-bond acceptors (Lipinski definition) is 5. The molecule has 0 spiro atoms. The number of methoxy groups -OCH3 is 1. The first kappa shape index (κ1) is 29.1. The van der Waals surface area contributed by atoms with E-state index >= 15 is 0 Å². The van der Waals surface area contributed by atoms with Gasteiger partial charge in [-0.1, -0.05) is 61.2 Å². The smallest absolute Gasteiger partial charge is 0.244 e. The van der Waals surface area contributed by atoms with Crippen LogP contribution in [0.2, 0.25) is 10.0 Å². The number of nitrogens with zero attached hydrogens (tertiary/aromatic N) is 2. The molecule has 1 aliphatic carbocycles. The third-order valence-electron chi connectivity index (χ3n) is 6.46. The molecule has 2 aromatic carbocycles. The molecular weight excluding hydrogens is 537 g/mol. The molecule has 1 aliphatic rings. The van der Waals surface area contributed by atoms with Crippen molar-refractivity contribution >= 4 is 50.7 Å². The summed E-state index contributed by atoms with van der Waals surface area (Å²) in [7, 11) is -2.44. The molecule has 1 atom stereocenters. The average Bonchev–Trinajstić information content (AvgIpc) is 3.36. The Hall–Kier alpha value is -2.49. The van der Waals surface area contributed by atoms with Crippen LogP contribution >= 0.6 is 23.2 Å². The van der Waals surface area contributed by atoms with Gasteiger partial charge in [0.15, 0.2) is 0 Å². The Morgan fingerprint density at radius 2 is 1.78 bits per heavy atom. The van der Waals surface area contributed by atoms with Crippen LogP contribution in [-0.4, -0.2) is 57.1 Å². The average molecular weight is 571 g/mol. The minimum absolute atomic E-state index is 0.0514. The van der Waals surface area contributed by atoms with Crippen LogP contribution in [-0.2, 0) is 26.2 Å². The fourth-order valence-corrected chi connectivity index (χ4v) is 5.73. The second-order valence-electron chi connectivity index (χ2n) is 9.13. The maximum absolute atomic E-state index is 13.8. The number of rotatable bonds is 11. The highest BCUT2D eigenvalue weighted by Crippen LogP contribution is 2.30. The molecule has 0 radical (unpaired) electrons. The second-order valence-corrected chi connectivity index (χ2v) is 11.8. The fourth-order valence-electron chi connectivity index (χ4n) is 4.55. The van der Waals surface area contributed by atoms with Gasteiger partial charge in [0.05, 0.1) is 29.1 Å². The van der Waals surface area contributed by atoms with Crippen molar-refractivity contribution in [2.75, 3.05) is 24.2 Å². The highest BCUT2D eigenvalue weighted by atomic mass is 35.5. The maximum Gasteiger partial charge on any atom is 0.244 e. The number of amides is 2. The first-order chi connectivity index (χ1) is 17.5. The zero-order chi connectivity index (χ0) is 27.2. The zero-order valence-electron chi connectivity index (χ0n) is 21.2. The van der Waals surface area contributed by atoms with Crippen molar-refractivity contribution in [1.82, 2.24) is 10.2 Å². The zero-order valence-corrected chi connectivity index (χ0v) is 23.6. The van der Waals surface area contributed by atoms with Gasteiger partial charge >= 0.3 is 0 Å². The largest absolute Gasteiger partial charge is 0.495 e. The van der Waals surface area contributed by atoms with Crippen LogP contribution < -0.4 is 14.4 Å². The van der Waals surface area contributed by atoms with Gasteiger partial charge in [0.1, 0.15) is 18.3 Å². The van der Waals surface area contributed by atoms with E-state index in [1.807, 2.05) is 6.92 Å². The van der Waals surface area contributed by atoms with Crippen molar-refractivity contribution in [3.05, 3.63) is 58.1 Å². The normalized spacial score (nSPS) is 14.7. The number of carbonyl (C=O) groups is 2. The highest BCUT2D eigenvalue weighted by Gasteiger charge is 2.33. The summed E-state index contributed by atoms with van der Waals surface area (Å²) in [5, 5.41) is 3.76. The van der Waals surface area contributed by atoms with E-state index in [-0.39, 0.29) is 24.2 Å². The molecule has 8 nitrogen and oxygen atoms in total. The molecule has 37 heavy (non-hydrogen) atoms. The van der Waals surface area contributed by atoms with Gasteiger partial charge in [0.25, 0.3) is 0 Å². The van der Waals surface area contributed by atoms with Gasteiger partial charge in [-0.05, 0) is 49.1 Å². The van der Waals surface area contributed by atoms with Crippen molar-refractivity contribution < 1.29 is 22.7 Å². The predicted octanol–water partition coefficient (Wildman–Crippen LogP) is 4.63. The van der Waals surface area contributed by atoms with Gasteiger partial charge in [-0.15, -0.1) is 0 Å². The van der Waals surface area contributed by atoms with Gasteiger partial charge < -0.3 is 15.0 Å². The van der Waals surface area contributed by atoms with E-state index in [9.17, 15) is 18.0 Å². The van der Waals surface area contributed by atoms with E-state index in [4.69, 9.17) is 27.9 Å². The minimum Gasteiger partial charge on any atom is -0.495 e. The quantitative estimate of drug-likeness (QED) is 0.425. The molecule has 1 saturated carbocycles. The maximum atomic E-state index is 13.8.